The molecule has 40 heavy (non-hydrogen) atoms. The summed E-state index contributed by atoms with van der Waals surface area (Å²) in [6.07, 6.45) is 3.60. The number of aromatic nitrogens is 1. The lowest BCUT2D eigenvalue weighted by Crippen LogP contribution is -2.39. The van der Waals surface area contributed by atoms with Gasteiger partial charge in [-0.3, -0.25) is 19.5 Å². The molecule has 3 heterocycles. The Kier molecular flexibility index (Phi) is 7.59. The summed E-state index contributed by atoms with van der Waals surface area (Å²) in [4.78, 5) is 43.9. The Morgan fingerprint density at radius 3 is 2.62 bits per heavy atom. The highest BCUT2D eigenvalue weighted by atomic mass is 32.2. The van der Waals surface area contributed by atoms with Gasteiger partial charge in [0, 0.05) is 28.2 Å². The van der Waals surface area contributed by atoms with Crippen molar-refractivity contribution in [3.8, 4) is 11.3 Å². The second-order valence-corrected chi connectivity index (χ2v) is 10.9. The van der Waals surface area contributed by atoms with E-state index < -0.39 is 16.9 Å². The number of nitro benzene ring substituents is 1. The van der Waals surface area contributed by atoms with E-state index in [1.165, 1.54) is 22.0 Å². The summed E-state index contributed by atoms with van der Waals surface area (Å²) < 4.78 is 13.2. The van der Waals surface area contributed by atoms with E-state index in [-0.39, 0.29) is 17.9 Å². The zero-order valence-electron chi connectivity index (χ0n) is 22.2. The molecule has 0 bridgehead atoms. The minimum atomic E-state index is -0.701. The number of thiazole rings is 1. The number of allylic oxidation sites excluding steroid dienone is 1. The van der Waals surface area contributed by atoms with Crippen molar-refractivity contribution in [3.05, 3.63) is 113 Å². The molecule has 9 nitrogen and oxygen atoms in total. The maximum atomic E-state index is 13.8. The number of nitro groups is 1. The van der Waals surface area contributed by atoms with Crippen LogP contribution in [0, 0.1) is 17.0 Å². The first-order valence-corrected chi connectivity index (χ1v) is 14.5. The van der Waals surface area contributed by atoms with Crippen LogP contribution in [0.3, 0.4) is 0 Å². The van der Waals surface area contributed by atoms with Gasteiger partial charge in [0.25, 0.3) is 11.2 Å². The zero-order valence-corrected chi connectivity index (χ0v) is 23.8. The van der Waals surface area contributed by atoms with Gasteiger partial charge < -0.3 is 9.15 Å². The largest absolute Gasteiger partial charge is 0.463 e. The fourth-order valence-electron chi connectivity index (χ4n) is 4.69. The Balaban J connectivity index is 1.62. The number of fused-ring (bicyclic) bond motifs is 1. The van der Waals surface area contributed by atoms with Gasteiger partial charge in [0.1, 0.15) is 11.5 Å². The van der Waals surface area contributed by atoms with E-state index in [2.05, 4.69) is 4.99 Å². The maximum absolute atomic E-state index is 13.8. The molecular formula is C29H25N3O6S2. The van der Waals surface area contributed by atoms with Gasteiger partial charge in [0.15, 0.2) is 4.80 Å². The molecule has 0 amide bonds. The number of esters is 1. The fourth-order valence-corrected chi connectivity index (χ4v) is 6.12. The predicted molar refractivity (Wildman–Crippen MR) is 154 cm³/mol. The number of benzene rings is 2. The van der Waals surface area contributed by atoms with Gasteiger partial charge in [-0.15, -0.1) is 11.8 Å². The topological polar surface area (TPSA) is 117 Å². The predicted octanol–water partition coefficient (Wildman–Crippen LogP) is 5.00. The third kappa shape index (κ3) is 4.93. The lowest BCUT2D eigenvalue weighted by molar-refractivity contribution is -0.385. The van der Waals surface area contributed by atoms with Crippen molar-refractivity contribution in [1.29, 1.82) is 0 Å². The Labute approximate surface area is 237 Å². The van der Waals surface area contributed by atoms with Crippen molar-refractivity contribution in [2.24, 2.45) is 4.99 Å². The Morgan fingerprint density at radius 2 is 1.95 bits per heavy atom. The number of hydrogen-bond donors (Lipinski definition) is 0. The zero-order chi connectivity index (χ0) is 28.6. The smallest absolute Gasteiger partial charge is 0.338 e. The van der Waals surface area contributed by atoms with E-state index in [0.29, 0.717) is 43.3 Å². The maximum Gasteiger partial charge on any atom is 0.338 e. The summed E-state index contributed by atoms with van der Waals surface area (Å²) in [6.45, 7) is 5.34. The van der Waals surface area contributed by atoms with Crippen molar-refractivity contribution in [3.63, 3.8) is 0 Å². The number of furan rings is 1. The lowest BCUT2D eigenvalue weighted by Gasteiger charge is -2.24. The van der Waals surface area contributed by atoms with Crippen molar-refractivity contribution in [2.75, 3.05) is 12.9 Å². The molecule has 2 aromatic carbocycles. The van der Waals surface area contributed by atoms with Crippen molar-refractivity contribution < 1.29 is 18.9 Å². The average Bonchev–Trinajstić information content (AvgIpc) is 3.52. The number of thioether (sulfide) groups is 1. The lowest BCUT2D eigenvalue weighted by atomic mass is 9.96. The molecule has 1 atom stereocenters. The molecule has 1 aliphatic rings. The molecule has 0 fully saturated rings. The SMILES string of the molecule is CCOC(=O)C1=C(C)N=c2s/c(=C\c3ccc(-c4cccc([N+](=O)[O-])c4C)o3)c(=O)n2[C@H]1c1ccc(SC)cc1. The molecule has 1 aliphatic heterocycles. The molecule has 0 saturated carbocycles. The van der Waals surface area contributed by atoms with Crippen molar-refractivity contribution >= 4 is 40.8 Å². The van der Waals surface area contributed by atoms with E-state index >= 15 is 0 Å². The van der Waals surface area contributed by atoms with E-state index in [1.807, 2.05) is 30.5 Å². The normalized spacial score (nSPS) is 15.1. The summed E-state index contributed by atoms with van der Waals surface area (Å²) in [5, 5.41) is 11.4. The molecule has 4 aromatic rings. The second kappa shape index (κ2) is 11.1. The van der Waals surface area contributed by atoms with Crippen LogP contribution >= 0.6 is 23.1 Å². The van der Waals surface area contributed by atoms with Gasteiger partial charge >= 0.3 is 5.97 Å². The summed E-state index contributed by atoms with van der Waals surface area (Å²) in [5.74, 6) is 0.348. The van der Waals surface area contributed by atoms with E-state index in [1.54, 1.807) is 62.9 Å². The minimum absolute atomic E-state index is 0.00194. The third-order valence-corrected chi connectivity index (χ3v) is 8.34. The van der Waals surface area contributed by atoms with Crippen LogP contribution in [0.2, 0.25) is 0 Å². The molecule has 204 valence electrons. The summed E-state index contributed by atoms with van der Waals surface area (Å²) in [6, 6.07) is 15.2. The molecule has 0 N–H and O–H groups in total. The van der Waals surface area contributed by atoms with Crippen LogP contribution < -0.4 is 14.9 Å². The molecule has 0 aliphatic carbocycles. The van der Waals surface area contributed by atoms with Crippen LogP contribution in [0.25, 0.3) is 17.4 Å². The van der Waals surface area contributed by atoms with Crippen LogP contribution in [0.15, 0.2) is 85.0 Å². The van der Waals surface area contributed by atoms with Gasteiger partial charge in [-0.05, 0) is 56.9 Å². The molecule has 2 aromatic heterocycles. The highest BCUT2D eigenvalue weighted by Gasteiger charge is 2.33. The summed E-state index contributed by atoms with van der Waals surface area (Å²) in [5.41, 5.74) is 2.35. The number of carbonyl (C=O) groups is 1. The first-order valence-electron chi connectivity index (χ1n) is 12.4. The average molecular weight is 576 g/mol. The van der Waals surface area contributed by atoms with Crippen LogP contribution in [0.4, 0.5) is 5.69 Å². The van der Waals surface area contributed by atoms with Gasteiger partial charge in [-0.1, -0.05) is 35.6 Å². The standard InChI is InChI=1S/C29H25N3O6S2/c1-5-37-28(34)25-17(3)30-29-31(26(25)18-9-12-20(39-4)13-10-18)27(33)24(40-29)15-19-11-14-23(38-19)21-7-6-8-22(16(21)2)32(35)36/h6-15,26H,5H2,1-4H3/b24-15-/t26-/m0/s1. The summed E-state index contributed by atoms with van der Waals surface area (Å²) in [7, 11) is 0. The molecule has 0 radical (unpaired) electrons. The first-order chi connectivity index (χ1) is 19.2. The number of ether oxygens (including phenoxy) is 1. The Morgan fingerprint density at radius 1 is 1.20 bits per heavy atom. The van der Waals surface area contributed by atoms with Gasteiger partial charge in [-0.2, -0.15) is 0 Å². The van der Waals surface area contributed by atoms with Gasteiger partial charge in [0.05, 0.1) is 33.4 Å². The van der Waals surface area contributed by atoms with Gasteiger partial charge in [0.2, 0.25) is 0 Å². The van der Waals surface area contributed by atoms with E-state index in [0.717, 1.165) is 10.5 Å². The highest BCUT2D eigenvalue weighted by Crippen LogP contribution is 2.33. The molecule has 0 unspecified atom stereocenters. The first kappa shape index (κ1) is 27.4. The monoisotopic (exact) mass is 575 g/mol. The van der Waals surface area contributed by atoms with Crippen LogP contribution in [0.1, 0.15) is 36.8 Å². The Hall–Kier alpha value is -4.22. The minimum Gasteiger partial charge on any atom is -0.463 e. The summed E-state index contributed by atoms with van der Waals surface area (Å²) >= 11 is 2.80. The van der Waals surface area contributed by atoms with Crippen molar-refractivity contribution in [1.82, 2.24) is 4.57 Å². The number of nitrogens with zero attached hydrogens (tertiary/aromatic N) is 3. The second-order valence-electron chi connectivity index (χ2n) is 8.98. The van der Waals surface area contributed by atoms with Crippen LogP contribution in [0.5, 0.6) is 0 Å². The number of rotatable bonds is 7. The fraction of sp³-hybridized carbons (Fsp3) is 0.207. The quantitative estimate of drug-likeness (QED) is 0.132. The molecule has 11 heteroatoms. The van der Waals surface area contributed by atoms with Crippen LogP contribution in [-0.2, 0) is 9.53 Å². The molecule has 0 spiro atoms. The molecule has 5 rings (SSSR count). The van der Waals surface area contributed by atoms with E-state index in [4.69, 9.17) is 9.15 Å². The number of hydrogen-bond acceptors (Lipinski definition) is 9. The van der Waals surface area contributed by atoms with Gasteiger partial charge in [-0.25, -0.2) is 9.79 Å². The van der Waals surface area contributed by atoms with E-state index in [9.17, 15) is 19.7 Å². The Bertz CT molecular complexity index is 1850. The number of carbonyl (C=O) groups excluding carboxylic acids is 1. The van der Waals surface area contributed by atoms with Crippen molar-refractivity contribution in [2.45, 2.75) is 31.7 Å². The highest BCUT2D eigenvalue weighted by molar-refractivity contribution is 7.98. The third-order valence-electron chi connectivity index (χ3n) is 6.62. The molecular weight excluding hydrogens is 550 g/mol. The van der Waals surface area contributed by atoms with Crippen LogP contribution in [-0.4, -0.2) is 28.3 Å². The molecule has 0 saturated heterocycles.